The highest BCUT2D eigenvalue weighted by Gasteiger charge is 2.34. The molecule has 0 saturated carbocycles. The maximum absolute atomic E-state index is 13.1. The Morgan fingerprint density at radius 2 is 1.68 bits per heavy atom. The summed E-state index contributed by atoms with van der Waals surface area (Å²) in [7, 11) is 0. The molecule has 0 aromatic heterocycles. The maximum atomic E-state index is 13.1. The van der Waals surface area contributed by atoms with Crippen LogP contribution in [0.15, 0.2) is 72.3 Å². The molecule has 0 fully saturated rings. The Morgan fingerprint density at radius 1 is 0.892 bits per heavy atom. The van der Waals surface area contributed by atoms with Crippen molar-refractivity contribution in [2.45, 2.75) is 26.5 Å². The third-order valence-corrected chi connectivity index (χ3v) is 6.35. The topological polar surface area (TPSA) is 85.9 Å². The molecule has 0 aliphatic carbocycles. The van der Waals surface area contributed by atoms with Gasteiger partial charge in [0.15, 0.2) is 11.5 Å². The van der Waals surface area contributed by atoms with Gasteiger partial charge in [-0.05, 0) is 54.8 Å². The first-order valence-corrected chi connectivity index (χ1v) is 12.5. The van der Waals surface area contributed by atoms with Crippen molar-refractivity contribution < 1.29 is 23.8 Å². The third kappa shape index (κ3) is 6.18. The zero-order valence-corrected chi connectivity index (χ0v) is 21.9. The zero-order valence-electron chi connectivity index (χ0n) is 20.3. The first-order valence-electron chi connectivity index (χ1n) is 11.8. The van der Waals surface area contributed by atoms with Crippen molar-refractivity contribution in [2.75, 3.05) is 13.2 Å². The molecule has 4 rings (SSSR count). The van der Waals surface area contributed by atoms with Crippen LogP contribution in [0.4, 0.5) is 4.79 Å². The summed E-state index contributed by atoms with van der Waals surface area (Å²) < 4.78 is 17.2. The molecule has 9 heteroatoms. The number of benzene rings is 3. The molecule has 1 heterocycles. The number of halogens is 2. The lowest BCUT2D eigenvalue weighted by molar-refractivity contribution is -0.138. The van der Waals surface area contributed by atoms with Gasteiger partial charge in [0, 0.05) is 0 Å². The van der Waals surface area contributed by atoms with Gasteiger partial charge >= 0.3 is 12.0 Å². The molecular weight excluding hydrogens is 515 g/mol. The summed E-state index contributed by atoms with van der Waals surface area (Å²) in [6.07, 6.45) is 0. The molecule has 0 saturated heterocycles. The molecule has 3 aromatic carbocycles. The van der Waals surface area contributed by atoms with Gasteiger partial charge in [-0.2, -0.15) is 0 Å². The third-order valence-electron chi connectivity index (χ3n) is 5.61. The predicted molar refractivity (Wildman–Crippen MR) is 143 cm³/mol. The van der Waals surface area contributed by atoms with E-state index in [1.54, 1.807) is 37.3 Å². The number of nitrogens with one attached hydrogen (secondary N) is 2. The summed E-state index contributed by atoms with van der Waals surface area (Å²) in [5.41, 5.74) is 2.85. The van der Waals surface area contributed by atoms with E-state index in [9.17, 15) is 9.59 Å². The summed E-state index contributed by atoms with van der Waals surface area (Å²) in [4.78, 5) is 25.8. The lowest BCUT2D eigenvalue weighted by Gasteiger charge is -2.30. The van der Waals surface area contributed by atoms with Crippen molar-refractivity contribution >= 4 is 40.9 Å². The average molecular weight is 541 g/mol. The fourth-order valence-corrected chi connectivity index (χ4v) is 4.28. The number of rotatable bonds is 9. The van der Waals surface area contributed by atoms with Crippen molar-refractivity contribution in [3.63, 3.8) is 0 Å². The highest BCUT2D eigenvalue weighted by atomic mass is 35.5. The standard InChI is InChI=1S/C28H26Cl2N2O5/c1-3-35-23-15-19(11-13-22(23)37-16-17-10-12-20(29)21(30)14-17)26-24(27(33)36-4-2)25(31-28(34)32-26)18-8-6-5-7-9-18/h5-15,26H,3-4,16H2,1-2H3,(H2,31,32,34)/t26-/m0/s1. The minimum absolute atomic E-state index is 0.191. The summed E-state index contributed by atoms with van der Waals surface area (Å²) >= 11 is 12.1. The van der Waals surface area contributed by atoms with Crippen LogP contribution >= 0.6 is 23.2 Å². The van der Waals surface area contributed by atoms with Crippen molar-refractivity contribution in [1.82, 2.24) is 10.6 Å². The van der Waals surface area contributed by atoms with E-state index in [1.165, 1.54) is 0 Å². The van der Waals surface area contributed by atoms with Gasteiger partial charge in [-0.1, -0.05) is 65.7 Å². The number of carbonyl (C=O) groups is 2. The minimum atomic E-state index is -0.772. The van der Waals surface area contributed by atoms with Crippen LogP contribution in [-0.4, -0.2) is 25.2 Å². The molecule has 0 unspecified atom stereocenters. The molecule has 3 aromatic rings. The quantitative estimate of drug-likeness (QED) is 0.311. The fraction of sp³-hybridized carbons (Fsp3) is 0.214. The van der Waals surface area contributed by atoms with Gasteiger partial charge in [0.1, 0.15) is 6.61 Å². The van der Waals surface area contributed by atoms with Gasteiger partial charge in [-0.25, -0.2) is 9.59 Å². The van der Waals surface area contributed by atoms with E-state index in [0.29, 0.717) is 50.5 Å². The molecule has 0 spiro atoms. The number of ether oxygens (including phenoxy) is 3. The van der Waals surface area contributed by atoms with Crippen molar-refractivity contribution in [3.8, 4) is 11.5 Å². The van der Waals surface area contributed by atoms with Gasteiger partial charge in [-0.3, -0.25) is 0 Å². The molecule has 7 nitrogen and oxygen atoms in total. The van der Waals surface area contributed by atoms with Gasteiger partial charge in [0.2, 0.25) is 0 Å². The summed E-state index contributed by atoms with van der Waals surface area (Å²) in [5, 5.41) is 6.53. The smallest absolute Gasteiger partial charge is 0.338 e. The van der Waals surface area contributed by atoms with Crippen LogP contribution in [0.2, 0.25) is 10.0 Å². The number of hydrogen-bond donors (Lipinski definition) is 2. The first kappa shape index (κ1) is 26.4. The van der Waals surface area contributed by atoms with E-state index in [4.69, 9.17) is 37.4 Å². The molecule has 0 radical (unpaired) electrons. The second-order valence-electron chi connectivity index (χ2n) is 8.08. The van der Waals surface area contributed by atoms with Crippen LogP contribution in [0.5, 0.6) is 11.5 Å². The first-order chi connectivity index (χ1) is 17.9. The highest BCUT2D eigenvalue weighted by molar-refractivity contribution is 6.42. The Morgan fingerprint density at radius 3 is 2.38 bits per heavy atom. The number of hydrogen-bond acceptors (Lipinski definition) is 5. The highest BCUT2D eigenvalue weighted by Crippen LogP contribution is 2.37. The molecule has 37 heavy (non-hydrogen) atoms. The Bertz CT molecular complexity index is 1330. The van der Waals surface area contributed by atoms with Gasteiger partial charge < -0.3 is 24.8 Å². The maximum Gasteiger partial charge on any atom is 0.338 e. The molecular formula is C28H26Cl2N2O5. The second kappa shape index (κ2) is 12.0. The average Bonchev–Trinajstić information content (AvgIpc) is 2.90. The normalized spacial score (nSPS) is 15.0. The lowest BCUT2D eigenvalue weighted by atomic mass is 9.92. The van der Waals surface area contributed by atoms with E-state index in [1.807, 2.05) is 43.3 Å². The van der Waals surface area contributed by atoms with E-state index in [2.05, 4.69) is 10.6 Å². The summed E-state index contributed by atoms with van der Waals surface area (Å²) in [6, 6.07) is 18.5. The SMILES string of the molecule is CCOC(=O)C1=C(c2ccccc2)NC(=O)N[C@H]1c1ccc(OCc2ccc(Cl)c(Cl)c2)c(OCC)c1. The Hall–Kier alpha value is -3.68. The number of carbonyl (C=O) groups excluding carboxylic acids is 2. The Labute approximate surface area is 225 Å². The van der Waals surface area contributed by atoms with Crippen molar-refractivity contribution in [3.05, 3.63) is 99.0 Å². The van der Waals surface area contributed by atoms with Crippen LogP contribution in [-0.2, 0) is 16.1 Å². The summed E-state index contributed by atoms with van der Waals surface area (Å²) in [5.74, 6) is 0.441. The fourth-order valence-electron chi connectivity index (χ4n) is 3.96. The number of amides is 2. The van der Waals surface area contributed by atoms with Crippen LogP contribution in [0, 0.1) is 0 Å². The summed E-state index contributed by atoms with van der Waals surface area (Å²) in [6.45, 7) is 4.42. The Balaban J connectivity index is 1.71. The lowest BCUT2D eigenvalue weighted by Crippen LogP contribution is -2.45. The minimum Gasteiger partial charge on any atom is -0.490 e. The molecule has 2 amide bonds. The van der Waals surface area contributed by atoms with Gasteiger partial charge in [0.25, 0.3) is 0 Å². The van der Waals surface area contributed by atoms with Crippen LogP contribution in [0.1, 0.15) is 36.6 Å². The molecule has 2 N–H and O–H groups in total. The second-order valence-corrected chi connectivity index (χ2v) is 8.90. The number of urea groups is 1. The zero-order chi connectivity index (χ0) is 26.4. The predicted octanol–water partition coefficient (Wildman–Crippen LogP) is 6.30. The molecule has 1 atom stereocenters. The molecule has 1 aliphatic rings. The Kier molecular flexibility index (Phi) is 8.58. The molecule has 0 bridgehead atoms. The molecule has 1 aliphatic heterocycles. The van der Waals surface area contributed by atoms with Crippen LogP contribution < -0.4 is 20.1 Å². The van der Waals surface area contributed by atoms with Crippen molar-refractivity contribution in [2.24, 2.45) is 0 Å². The van der Waals surface area contributed by atoms with Gasteiger partial charge in [-0.15, -0.1) is 0 Å². The van der Waals surface area contributed by atoms with Gasteiger partial charge in [0.05, 0.1) is 40.6 Å². The van der Waals surface area contributed by atoms with E-state index in [-0.39, 0.29) is 13.2 Å². The number of esters is 1. The van der Waals surface area contributed by atoms with E-state index in [0.717, 1.165) is 5.56 Å². The molecule has 192 valence electrons. The van der Waals surface area contributed by atoms with Crippen molar-refractivity contribution in [1.29, 1.82) is 0 Å². The monoisotopic (exact) mass is 540 g/mol. The van der Waals surface area contributed by atoms with E-state index < -0.39 is 18.0 Å². The van der Waals surface area contributed by atoms with Crippen LogP contribution in [0.25, 0.3) is 5.70 Å². The largest absolute Gasteiger partial charge is 0.490 e. The van der Waals surface area contributed by atoms with E-state index >= 15 is 0 Å². The van der Waals surface area contributed by atoms with Crippen LogP contribution in [0.3, 0.4) is 0 Å².